The molecule has 3 heterocycles. The highest BCUT2D eigenvalue weighted by Crippen LogP contribution is 2.45. The van der Waals surface area contributed by atoms with Gasteiger partial charge in [0.1, 0.15) is 0 Å². The van der Waals surface area contributed by atoms with E-state index in [9.17, 15) is 0 Å². The summed E-state index contributed by atoms with van der Waals surface area (Å²) >= 11 is 1.79. The van der Waals surface area contributed by atoms with Gasteiger partial charge in [0.15, 0.2) is 17.5 Å². The molecule has 0 spiro atoms. The maximum atomic E-state index is 5.19. The van der Waals surface area contributed by atoms with Gasteiger partial charge in [-0.1, -0.05) is 140 Å². The zero-order valence-electron chi connectivity index (χ0n) is 25.2. The largest absolute Gasteiger partial charge is 0.246 e. The van der Waals surface area contributed by atoms with E-state index >= 15 is 0 Å². The molecule has 0 saturated carbocycles. The number of hydrogen-bond acceptors (Lipinski definition) is 5. The molecule has 3 aromatic heterocycles. The Labute approximate surface area is 275 Å². The molecule has 0 radical (unpaired) electrons. The first-order valence-corrected chi connectivity index (χ1v) is 16.4. The second-order valence-electron chi connectivity index (χ2n) is 11.4. The Bertz CT molecular complexity index is 2580. The average molecular weight is 619 g/mol. The lowest BCUT2D eigenvalue weighted by atomic mass is 9.95. The quantitative estimate of drug-likeness (QED) is 0.193. The van der Waals surface area contributed by atoms with Crippen LogP contribution in [-0.4, -0.2) is 19.9 Å². The van der Waals surface area contributed by atoms with Gasteiger partial charge in [-0.3, -0.25) is 0 Å². The standard InChI is InChI=1S/C42H26N4S/c1-3-14-27(15-4-1)29-18-13-19-30(26-29)41-44-40(28-16-5-2-6-17-28)45-42(46-41)32-21-8-7-20-31(32)37-33-22-9-11-24-35(33)43-38-34-23-10-12-25-36(34)47-39(37)38/h1-26H. The highest BCUT2D eigenvalue weighted by Gasteiger charge is 2.21. The fourth-order valence-corrected chi connectivity index (χ4v) is 7.53. The van der Waals surface area contributed by atoms with Crippen molar-refractivity contribution in [2.45, 2.75) is 0 Å². The molecule has 0 aliphatic carbocycles. The maximum absolute atomic E-state index is 5.19. The molecule has 0 bridgehead atoms. The zero-order valence-corrected chi connectivity index (χ0v) is 26.0. The third kappa shape index (κ3) is 4.85. The van der Waals surface area contributed by atoms with Gasteiger partial charge in [0.2, 0.25) is 0 Å². The summed E-state index contributed by atoms with van der Waals surface area (Å²) in [6.45, 7) is 0. The van der Waals surface area contributed by atoms with Gasteiger partial charge in [-0.2, -0.15) is 0 Å². The fourth-order valence-electron chi connectivity index (χ4n) is 6.31. The Balaban J connectivity index is 1.31. The summed E-state index contributed by atoms with van der Waals surface area (Å²) in [5.41, 5.74) is 9.29. The number of thiophene rings is 1. The van der Waals surface area contributed by atoms with Gasteiger partial charge in [-0.15, -0.1) is 11.3 Å². The van der Waals surface area contributed by atoms with Crippen molar-refractivity contribution >= 4 is 42.5 Å². The number of aromatic nitrogens is 4. The predicted octanol–water partition coefficient (Wildman–Crippen LogP) is 11.1. The van der Waals surface area contributed by atoms with Crippen LogP contribution in [0.1, 0.15) is 0 Å². The Hall–Kier alpha value is -6.04. The smallest absolute Gasteiger partial charge is 0.164 e. The van der Waals surface area contributed by atoms with Gasteiger partial charge in [0, 0.05) is 37.7 Å². The number of pyridine rings is 1. The lowest BCUT2D eigenvalue weighted by Gasteiger charge is -2.14. The molecular weight excluding hydrogens is 593 g/mol. The van der Waals surface area contributed by atoms with E-state index in [4.69, 9.17) is 19.9 Å². The SMILES string of the molecule is c1ccc(-c2cccc(-c3nc(-c4ccccc4)nc(-c4ccccc4-c4c5ccccc5nc5c4sc4ccccc45)n3)c2)cc1. The van der Waals surface area contributed by atoms with Gasteiger partial charge in [0.05, 0.1) is 15.7 Å². The van der Waals surface area contributed by atoms with Gasteiger partial charge in [-0.25, -0.2) is 19.9 Å². The highest BCUT2D eigenvalue weighted by molar-refractivity contribution is 7.26. The van der Waals surface area contributed by atoms with Crippen LogP contribution in [0.15, 0.2) is 158 Å². The molecule has 0 fully saturated rings. The number of nitrogens with zero attached hydrogens (tertiary/aromatic N) is 4. The Kier molecular flexibility index (Phi) is 6.61. The third-order valence-corrected chi connectivity index (χ3v) is 9.71. The molecule has 0 unspecified atom stereocenters. The minimum absolute atomic E-state index is 0.629. The van der Waals surface area contributed by atoms with Crippen molar-refractivity contribution < 1.29 is 0 Å². The molecule has 47 heavy (non-hydrogen) atoms. The van der Waals surface area contributed by atoms with Gasteiger partial charge in [0.25, 0.3) is 0 Å². The van der Waals surface area contributed by atoms with Crippen LogP contribution in [0.25, 0.3) is 87.6 Å². The van der Waals surface area contributed by atoms with E-state index in [2.05, 4.69) is 121 Å². The first kappa shape index (κ1) is 27.3. The molecule has 9 aromatic rings. The summed E-state index contributed by atoms with van der Waals surface area (Å²) in [5.74, 6) is 1.90. The lowest BCUT2D eigenvalue weighted by Crippen LogP contribution is -2.01. The molecule has 0 amide bonds. The number of benzene rings is 6. The molecule has 220 valence electrons. The lowest BCUT2D eigenvalue weighted by molar-refractivity contribution is 1.07. The molecule has 5 heteroatoms. The van der Waals surface area contributed by atoms with E-state index in [1.165, 1.54) is 10.1 Å². The molecule has 0 saturated heterocycles. The minimum atomic E-state index is 0.629. The molecule has 4 nitrogen and oxygen atoms in total. The molecule has 9 rings (SSSR count). The van der Waals surface area contributed by atoms with Crippen LogP contribution >= 0.6 is 11.3 Å². The fraction of sp³-hybridized carbons (Fsp3) is 0. The van der Waals surface area contributed by atoms with Crippen molar-refractivity contribution in [3.05, 3.63) is 158 Å². The van der Waals surface area contributed by atoms with Crippen LogP contribution in [-0.2, 0) is 0 Å². The summed E-state index contributed by atoms with van der Waals surface area (Å²) in [7, 11) is 0. The van der Waals surface area contributed by atoms with E-state index in [-0.39, 0.29) is 0 Å². The summed E-state index contributed by atoms with van der Waals surface area (Å²) in [4.78, 5) is 20.5. The topological polar surface area (TPSA) is 51.6 Å². The molecular formula is C42H26N4S. The van der Waals surface area contributed by atoms with Gasteiger partial charge in [-0.05, 0) is 34.9 Å². The van der Waals surface area contributed by atoms with Crippen molar-refractivity contribution in [1.29, 1.82) is 0 Å². The van der Waals surface area contributed by atoms with E-state index in [0.29, 0.717) is 17.5 Å². The maximum Gasteiger partial charge on any atom is 0.164 e. The molecule has 6 aromatic carbocycles. The van der Waals surface area contributed by atoms with E-state index in [1.54, 1.807) is 11.3 Å². The first-order chi connectivity index (χ1) is 23.3. The Morgan fingerprint density at radius 3 is 1.77 bits per heavy atom. The molecule has 0 N–H and O–H groups in total. The minimum Gasteiger partial charge on any atom is -0.246 e. The van der Waals surface area contributed by atoms with Gasteiger partial charge >= 0.3 is 0 Å². The second kappa shape index (κ2) is 11.4. The monoisotopic (exact) mass is 618 g/mol. The molecule has 0 aliphatic rings. The molecule has 0 atom stereocenters. The highest BCUT2D eigenvalue weighted by atomic mass is 32.1. The zero-order chi connectivity index (χ0) is 31.2. The first-order valence-electron chi connectivity index (χ1n) is 15.6. The summed E-state index contributed by atoms with van der Waals surface area (Å²) in [5, 5.41) is 2.27. The number of para-hydroxylation sites is 1. The second-order valence-corrected chi connectivity index (χ2v) is 12.5. The van der Waals surface area contributed by atoms with Gasteiger partial charge < -0.3 is 0 Å². The average Bonchev–Trinajstić information content (AvgIpc) is 3.52. The number of rotatable bonds is 5. The Morgan fingerprint density at radius 2 is 0.957 bits per heavy atom. The van der Waals surface area contributed by atoms with Crippen molar-refractivity contribution in [3.8, 4) is 56.4 Å². The number of hydrogen-bond donors (Lipinski definition) is 0. The van der Waals surface area contributed by atoms with Crippen LogP contribution in [0, 0.1) is 0 Å². The van der Waals surface area contributed by atoms with E-state index in [0.717, 1.165) is 60.1 Å². The normalized spacial score (nSPS) is 11.4. The predicted molar refractivity (Wildman–Crippen MR) is 195 cm³/mol. The van der Waals surface area contributed by atoms with E-state index in [1.807, 2.05) is 36.4 Å². The van der Waals surface area contributed by atoms with Crippen LogP contribution in [0.3, 0.4) is 0 Å². The van der Waals surface area contributed by atoms with Crippen LogP contribution in [0.5, 0.6) is 0 Å². The van der Waals surface area contributed by atoms with Crippen molar-refractivity contribution in [2.24, 2.45) is 0 Å². The summed E-state index contributed by atoms with van der Waals surface area (Å²) in [6.07, 6.45) is 0. The van der Waals surface area contributed by atoms with E-state index < -0.39 is 0 Å². The van der Waals surface area contributed by atoms with Crippen LogP contribution in [0.4, 0.5) is 0 Å². The van der Waals surface area contributed by atoms with Crippen molar-refractivity contribution in [2.75, 3.05) is 0 Å². The summed E-state index contributed by atoms with van der Waals surface area (Å²) < 4.78 is 2.38. The third-order valence-electron chi connectivity index (χ3n) is 8.53. The van der Waals surface area contributed by atoms with Crippen molar-refractivity contribution in [3.63, 3.8) is 0 Å². The van der Waals surface area contributed by atoms with Crippen molar-refractivity contribution in [1.82, 2.24) is 19.9 Å². The Morgan fingerprint density at radius 1 is 0.383 bits per heavy atom. The molecule has 0 aliphatic heterocycles. The van der Waals surface area contributed by atoms with Crippen LogP contribution in [0.2, 0.25) is 0 Å². The number of fused-ring (bicyclic) bond motifs is 4. The van der Waals surface area contributed by atoms with Crippen LogP contribution < -0.4 is 0 Å². The summed E-state index contributed by atoms with van der Waals surface area (Å²) in [6, 6.07) is 54.4.